The molecule has 0 saturated heterocycles. The Kier molecular flexibility index (Phi) is 3.34. The molecule has 0 fully saturated rings. The minimum Gasteiger partial charge on any atom is -0.508 e. The van der Waals surface area contributed by atoms with Crippen molar-refractivity contribution < 1.29 is 19.1 Å². The van der Waals surface area contributed by atoms with Gasteiger partial charge >= 0.3 is 0 Å². The number of halogens is 2. The predicted octanol–water partition coefficient (Wildman–Crippen LogP) is 3.72. The molecule has 0 radical (unpaired) electrons. The van der Waals surface area contributed by atoms with Gasteiger partial charge in [0.1, 0.15) is 17.3 Å². The second kappa shape index (κ2) is 5.17. The van der Waals surface area contributed by atoms with E-state index in [0.717, 1.165) is 0 Å². The molecule has 0 aliphatic rings. The zero-order valence-corrected chi connectivity index (χ0v) is 12.0. The van der Waals surface area contributed by atoms with Gasteiger partial charge in [-0.1, -0.05) is 5.16 Å². The van der Waals surface area contributed by atoms with Crippen LogP contribution in [0.1, 0.15) is 0 Å². The Hall–Kier alpha value is -2.41. The third-order valence-electron chi connectivity index (χ3n) is 2.81. The minimum absolute atomic E-state index is 0.0366. The van der Waals surface area contributed by atoms with E-state index in [0.29, 0.717) is 10.0 Å². The van der Waals surface area contributed by atoms with Crippen LogP contribution in [-0.4, -0.2) is 20.4 Å². The molecule has 0 saturated carbocycles. The average molecular weight is 351 g/mol. The summed E-state index contributed by atoms with van der Waals surface area (Å²) in [5.41, 5.74) is 0.762. The number of benzene rings is 2. The fourth-order valence-corrected chi connectivity index (χ4v) is 2.34. The first-order valence-corrected chi connectivity index (χ1v) is 6.65. The van der Waals surface area contributed by atoms with E-state index in [1.807, 2.05) is 0 Å². The molecule has 21 heavy (non-hydrogen) atoms. The summed E-state index contributed by atoms with van der Waals surface area (Å²) in [5, 5.41) is 23.0. The fourth-order valence-electron chi connectivity index (χ4n) is 1.81. The maximum Gasteiger partial charge on any atom is 0.262 e. The molecule has 3 aromatic rings. The van der Waals surface area contributed by atoms with Crippen LogP contribution in [-0.2, 0) is 0 Å². The zero-order chi connectivity index (χ0) is 15.0. The van der Waals surface area contributed by atoms with Crippen molar-refractivity contribution in [3.63, 3.8) is 0 Å². The number of hydrogen-bond acceptors (Lipinski definition) is 5. The monoisotopic (exact) mass is 350 g/mol. The Labute approximate surface area is 126 Å². The maximum absolute atomic E-state index is 13.1. The summed E-state index contributed by atoms with van der Waals surface area (Å²) >= 11 is 3.22. The molecule has 2 aromatic carbocycles. The van der Waals surface area contributed by atoms with Gasteiger partial charge in [-0.3, -0.25) is 0 Å². The average Bonchev–Trinajstić information content (AvgIpc) is 2.91. The molecule has 0 aliphatic heterocycles. The molecule has 0 atom stereocenters. The third-order valence-corrected chi connectivity index (χ3v) is 3.46. The van der Waals surface area contributed by atoms with Crippen molar-refractivity contribution in [1.29, 1.82) is 0 Å². The number of aromatic nitrogens is 2. The topological polar surface area (TPSA) is 79.4 Å². The van der Waals surface area contributed by atoms with Crippen molar-refractivity contribution in [2.75, 3.05) is 0 Å². The van der Waals surface area contributed by atoms with Crippen LogP contribution in [0.4, 0.5) is 4.39 Å². The van der Waals surface area contributed by atoms with Crippen molar-refractivity contribution in [2.24, 2.45) is 0 Å². The van der Waals surface area contributed by atoms with Gasteiger partial charge in [0.05, 0.1) is 5.56 Å². The van der Waals surface area contributed by atoms with Gasteiger partial charge < -0.3 is 14.7 Å². The Morgan fingerprint density at radius 3 is 2.62 bits per heavy atom. The third kappa shape index (κ3) is 2.59. The van der Waals surface area contributed by atoms with Gasteiger partial charge in [-0.2, -0.15) is 4.98 Å². The van der Waals surface area contributed by atoms with E-state index >= 15 is 0 Å². The molecule has 0 aliphatic carbocycles. The van der Waals surface area contributed by atoms with Crippen molar-refractivity contribution in [3.05, 3.63) is 46.7 Å². The Morgan fingerprint density at radius 1 is 1.05 bits per heavy atom. The highest BCUT2D eigenvalue weighted by Crippen LogP contribution is 2.33. The van der Waals surface area contributed by atoms with Gasteiger partial charge in [0.2, 0.25) is 5.82 Å². The molecular weight excluding hydrogens is 343 g/mol. The van der Waals surface area contributed by atoms with Crippen LogP contribution in [0.3, 0.4) is 0 Å². The van der Waals surface area contributed by atoms with Crippen LogP contribution >= 0.6 is 15.9 Å². The second-order valence-corrected chi connectivity index (χ2v) is 5.10. The van der Waals surface area contributed by atoms with E-state index in [2.05, 4.69) is 26.1 Å². The van der Waals surface area contributed by atoms with Gasteiger partial charge in [-0.05, 0) is 52.3 Å². The SMILES string of the molecule is Oc1ccc(O)c(-c2nc(-c3ccc(F)cc3Br)no2)c1. The fraction of sp³-hybridized carbons (Fsp3) is 0. The highest BCUT2D eigenvalue weighted by molar-refractivity contribution is 9.10. The lowest BCUT2D eigenvalue weighted by atomic mass is 10.2. The summed E-state index contributed by atoms with van der Waals surface area (Å²) in [7, 11) is 0. The summed E-state index contributed by atoms with van der Waals surface area (Å²) in [6, 6.07) is 8.05. The van der Waals surface area contributed by atoms with Gasteiger partial charge in [0, 0.05) is 10.0 Å². The van der Waals surface area contributed by atoms with Gasteiger partial charge in [0.25, 0.3) is 5.89 Å². The summed E-state index contributed by atoms with van der Waals surface area (Å²) in [4.78, 5) is 4.14. The molecule has 106 valence electrons. The minimum atomic E-state index is -0.389. The summed E-state index contributed by atoms with van der Waals surface area (Å²) in [6.07, 6.45) is 0. The second-order valence-electron chi connectivity index (χ2n) is 4.25. The summed E-state index contributed by atoms with van der Waals surface area (Å²) in [5.74, 6) is -0.235. The largest absolute Gasteiger partial charge is 0.508 e. The van der Waals surface area contributed by atoms with Crippen LogP contribution in [0.15, 0.2) is 45.4 Å². The molecular formula is C14H8BrFN2O3. The molecule has 0 unspecified atom stereocenters. The molecule has 0 amide bonds. The van der Waals surface area contributed by atoms with Crippen molar-refractivity contribution >= 4 is 15.9 Å². The number of phenolic OH excluding ortho intramolecular Hbond substituents is 2. The van der Waals surface area contributed by atoms with Crippen LogP contribution in [0, 0.1) is 5.82 Å². The zero-order valence-electron chi connectivity index (χ0n) is 10.4. The number of aromatic hydroxyl groups is 2. The smallest absolute Gasteiger partial charge is 0.262 e. The van der Waals surface area contributed by atoms with E-state index in [1.165, 1.54) is 36.4 Å². The number of nitrogens with zero attached hydrogens (tertiary/aromatic N) is 2. The number of hydrogen-bond donors (Lipinski definition) is 2. The molecule has 7 heteroatoms. The van der Waals surface area contributed by atoms with Crippen molar-refractivity contribution in [3.8, 4) is 34.3 Å². The van der Waals surface area contributed by atoms with E-state index in [-0.39, 0.29) is 34.6 Å². The first-order chi connectivity index (χ1) is 10.0. The Morgan fingerprint density at radius 2 is 1.86 bits per heavy atom. The van der Waals surface area contributed by atoms with Crippen molar-refractivity contribution in [1.82, 2.24) is 10.1 Å². The lowest BCUT2D eigenvalue weighted by Gasteiger charge is -2.00. The van der Waals surface area contributed by atoms with E-state index in [4.69, 9.17) is 4.52 Å². The Balaban J connectivity index is 2.06. The normalized spacial score (nSPS) is 10.8. The van der Waals surface area contributed by atoms with Gasteiger partial charge in [-0.15, -0.1) is 0 Å². The molecule has 0 spiro atoms. The summed E-state index contributed by atoms with van der Waals surface area (Å²) in [6.45, 7) is 0. The molecule has 0 bridgehead atoms. The standard InChI is InChI=1S/C14H8BrFN2O3/c15-11-5-7(16)1-3-9(11)13-17-14(21-18-13)10-6-8(19)2-4-12(10)20/h1-6,19-20H. The lowest BCUT2D eigenvalue weighted by Crippen LogP contribution is -1.85. The maximum atomic E-state index is 13.1. The molecule has 1 heterocycles. The lowest BCUT2D eigenvalue weighted by molar-refractivity contribution is 0.423. The van der Waals surface area contributed by atoms with Gasteiger partial charge in [-0.25, -0.2) is 4.39 Å². The van der Waals surface area contributed by atoms with Crippen LogP contribution in [0.5, 0.6) is 11.5 Å². The Bertz CT molecular complexity index is 820. The molecule has 2 N–H and O–H groups in total. The molecule has 5 nitrogen and oxygen atoms in total. The van der Waals surface area contributed by atoms with E-state index in [1.54, 1.807) is 0 Å². The summed E-state index contributed by atoms with van der Waals surface area (Å²) < 4.78 is 18.6. The first kappa shape index (κ1) is 13.6. The van der Waals surface area contributed by atoms with Crippen LogP contribution in [0.25, 0.3) is 22.8 Å². The van der Waals surface area contributed by atoms with Crippen molar-refractivity contribution in [2.45, 2.75) is 0 Å². The highest BCUT2D eigenvalue weighted by atomic mass is 79.9. The van der Waals surface area contributed by atoms with E-state index < -0.39 is 0 Å². The van der Waals surface area contributed by atoms with Gasteiger partial charge in [0.15, 0.2) is 0 Å². The van der Waals surface area contributed by atoms with Crippen LogP contribution in [0.2, 0.25) is 0 Å². The van der Waals surface area contributed by atoms with Crippen LogP contribution < -0.4 is 0 Å². The number of phenols is 2. The predicted molar refractivity (Wildman–Crippen MR) is 76.2 cm³/mol. The molecule has 3 rings (SSSR count). The number of rotatable bonds is 2. The highest BCUT2D eigenvalue weighted by Gasteiger charge is 2.16. The quantitative estimate of drug-likeness (QED) is 0.688. The van der Waals surface area contributed by atoms with E-state index in [9.17, 15) is 14.6 Å². The molecule has 1 aromatic heterocycles. The first-order valence-electron chi connectivity index (χ1n) is 5.86.